The van der Waals surface area contributed by atoms with E-state index in [2.05, 4.69) is 0 Å². The fourth-order valence-corrected chi connectivity index (χ4v) is 5.12. The van der Waals surface area contributed by atoms with Crippen molar-refractivity contribution in [3.63, 3.8) is 0 Å². The molecule has 1 aliphatic heterocycles. The summed E-state index contributed by atoms with van der Waals surface area (Å²) < 4.78 is 12.6. The van der Waals surface area contributed by atoms with Crippen molar-refractivity contribution >= 4 is 7.32 Å². The Bertz CT molecular complexity index is 1210. The van der Waals surface area contributed by atoms with E-state index < -0.39 is 29.7 Å². The highest BCUT2D eigenvalue weighted by Gasteiger charge is 2.66. The number of ether oxygens (including phenoxy) is 1. The minimum Gasteiger partial charge on any atom is -0.508 e. The average molecular weight is 466 g/mol. The van der Waals surface area contributed by atoms with E-state index in [0.29, 0.717) is 16.7 Å². The molecule has 9 heteroatoms. The van der Waals surface area contributed by atoms with Gasteiger partial charge in [-0.05, 0) is 17.7 Å². The predicted octanol–water partition coefficient (Wildman–Crippen LogP) is 3.27. The lowest BCUT2D eigenvalue weighted by Gasteiger charge is -2.59. The first-order valence-electron chi connectivity index (χ1n) is 10.8. The third-order valence-corrected chi connectivity index (χ3v) is 6.41. The molecule has 0 bridgehead atoms. The lowest BCUT2D eigenvalue weighted by molar-refractivity contribution is -0.209. The van der Waals surface area contributed by atoms with Crippen LogP contribution in [0.4, 0.5) is 0 Å². The molecule has 3 aromatic carbocycles. The Labute approximate surface area is 197 Å². The zero-order valence-electron chi connectivity index (χ0n) is 19.1. The third kappa shape index (κ3) is 3.53. The van der Waals surface area contributed by atoms with Crippen molar-refractivity contribution in [1.29, 1.82) is 0 Å². The maximum absolute atomic E-state index is 10.7. The van der Waals surface area contributed by atoms with Crippen LogP contribution >= 0.6 is 0 Å². The molecule has 2 atom stereocenters. The lowest BCUT2D eigenvalue weighted by Crippen LogP contribution is -2.65. The van der Waals surface area contributed by atoms with Gasteiger partial charge in [0.1, 0.15) is 22.8 Å². The van der Waals surface area contributed by atoms with Gasteiger partial charge < -0.3 is 39.9 Å². The first-order chi connectivity index (χ1) is 15.9. The first-order valence-corrected chi connectivity index (χ1v) is 10.8. The molecule has 3 aromatic rings. The first kappa shape index (κ1) is 23.8. The minimum absolute atomic E-state index is 0.0744. The van der Waals surface area contributed by atoms with Crippen LogP contribution in [0.3, 0.4) is 0 Å². The second kappa shape index (κ2) is 8.12. The highest BCUT2D eigenvalue weighted by atomic mass is 16.6. The molecule has 1 heterocycles. The van der Waals surface area contributed by atoms with Crippen molar-refractivity contribution in [2.45, 2.75) is 38.4 Å². The molecule has 0 saturated heterocycles. The van der Waals surface area contributed by atoms with Gasteiger partial charge in [-0.2, -0.15) is 0 Å². The predicted molar refractivity (Wildman–Crippen MR) is 124 cm³/mol. The molecule has 2 unspecified atom stereocenters. The Kier molecular flexibility index (Phi) is 5.68. The molecular weight excluding hydrogens is 439 g/mol. The third-order valence-electron chi connectivity index (χ3n) is 6.41. The van der Waals surface area contributed by atoms with Crippen molar-refractivity contribution in [2.75, 3.05) is 0 Å². The van der Waals surface area contributed by atoms with E-state index in [0.717, 1.165) is 0 Å². The van der Waals surface area contributed by atoms with E-state index in [-0.39, 0.29) is 29.4 Å². The quantitative estimate of drug-likeness (QED) is 0.254. The number of hydrogen-bond donors (Lipinski definition) is 6. The maximum atomic E-state index is 10.7. The Morgan fingerprint density at radius 2 is 1.50 bits per heavy atom. The molecule has 178 valence electrons. The molecule has 4 rings (SSSR count). The Morgan fingerprint density at radius 1 is 0.824 bits per heavy atom. The standard InChI is InChI=1S/C25H27BO8/c1-23(2,3)25(16-9-10-19(28)21(30)11-16)24(34-26(31)32,15-7-5-4-6-8-15)14-18-20(29)12-17(27)13-22(18)33-25/h4-13,27-32H,14H2,1-3H3. The highest BCUT2D eigenvalue weighted by molar-refractivity contribution is 6.32. The largest absolute Gasteiger partial charge is 0.634 e. The van der Waals surface area contributed by atoms with Gasteiger partial charge in [-0.15, -0.1) is 0 Å². The summed E-state index contributed by atoms with van der Waals surface area (Å²) in [5.74, 6) is -1.04. The topological polar surface area (TPSA) is 140 Å². The molecule has 0 aliphatic carbocycles. The fourth-order valence-electron chi connectivity index (χ4n) is 5.12. The molecule has 0 radical (unpaired) electrons. The monoisotopic (exact) mass is 466 g/mol. The van der Waals surface area contributed by atoms with Gasteiger partial charge in [-0.1, -0.05) is 57.2 Å². The second-order valence-corrected chi connectivity index (χ2v) is 9.49. The lowest BCUT2D eigenvalue weighted by atomic mass is 9.57. The van der Waals surface area contributed by atoms with Crippen LogP contribution in [-0.2, 0) is 22.3 Å². The Morgan fingerprint density at radius 3 is 2.09 bits per heavy atom. The van der Waals surface area contributed by atoms with Gasteiger partial charge in [0.15, 0.2) is 17.1 Å². The van der Waals surface area contributed by atoms with E-state index in [1.54, 1.807) is 36.4 Å². The summed E-state index contributed by atoms with van der Waals surface area (Å²) >= 11 is 0. The molecule has 0 amide bonds. The summed E-state index contributed by atoms with van der Waals surface area (Å²) in [5.41, 5.74) is -2.89. The van der Waals surface area contributed by atoms with Gasteiger partial charge in [0, 0.05) is 35.1 Å². The number of hydrogen-bond acceptors (Lipinski definition) is 8. The van der Waals surface area contributed by atoms with E-state index in [1.165, 1.54) is 24.3 Å². The molecule has 0 saturated carbocycles. The smallest absolute Gasteiger partial charge is 0.508 e. The van der Waals surface area contributed by atoms with Crippen LogP contribution in [0.1, 0.15) is 37.5 Å². The van der Waals surface area contributed by atoms with Crippen LogP contribution in [-0.4, -0.2) is 37.8 Å². The minimum atomic E-state index is -2.22. The van der Waals surface area contributed by atoms with Gasteiger partial charge in [0.05, 0.1) is 0 Å². The summed E-state index contributed by atoms with van der Waals surface area (Å²) in [7, 11) is -2.22. The van der Waals surface area contributed by atoms with Crippen LogP contribution in [0.25, 0.3) is 0 Å². The van der Waals surface area contributed by atoms with Crippen LogP contribution in [0.2, 0.25) is 0 Å². The molecule has 0 fully saturated rings. The molecule has 8 nitrogen and oxygen atoms in total. The zero-order chi connectivity index (χ0) is 24.9. The molecule has 0 aromatic heterocycles. The van der Waals surface area contributed by atoms with Gasteiger partial charge in [0.2, 0.25) is 0 Å². The highest BCUT2D eigenvalue weighted by Crippen LogP contribution is 2.62. The number of fused-ring (bicyclic) bond motifs is 1. The molecule has 0 spiro atoms. The summed E-state index contributed by atoms with van der Waals surface area (Å²) in [6.07, 6.45) is -0.0744. The number of rotatable bonds is 4. The fraction of sp³-hybridized carbons (Fsp3) is 0.280. The summed E-state index contributed by atoms with van der Waals surface area (Å²) in [4.78, 5) is 0. The number of phenolic OH excluding ortho intramolecular Hbond substituents is 4. The van der Waals surface area contributed by atoms with Gasteiger partial charge in [0.25, 0.3) is 0 Å². The van der Waals surface area contributed by atoms with Crippen molar-refractivity contribution in [3.8, 4) is 28.7 Å². The average Bonchev–Trinajstić information content (AvgIpc) is 2.75. The van der Waals surface area contributed by atoms with Crippen molar-refractivity contribution in [2.24, 2.45) is 5.41 Å². The van der Waals surface area contributed by atoms with E-state index >= 15 is 0 Å². The number of benzene rings is 3. The molecule has 1 aliphatic rings. The van der Waals surface area contributed by atoms with Crippen LogP contribution in [0.15, 0.2) is 60.7 Å². The van der Waals surface area contributed by atoms with E-state index in [9.17, 15) is 30.5 Å². The van der Waals surface area contributed by atoms with Crippen molar-refractivity contribution in [3.05, 3.63) is 77.4 Å². The number of aromatic hydroxyl groups is 4. The molecule has 6 N–H and O–H groups in total. The molecule has 34 heavy (non-hydrogen) atoms. The summed E-state index contributed by atoms with van der Waals surface area (Å²) in [6.45, 7) is 5.57. The van der Waals surface area contributed by atoms with Gasteiger partial charge in [-0.3, -0.25) is 0 Å². The van der Waals surface area contributed by atoms with Crippen LogP contribution in [0, 0.1) is 5.41 Å². The summed E-state index contributed by atoms with van der Waals surface area (Å²) in [6, 6.07) is 15.5. The van der Waals surface area contributed by atoms with Gasteiger partial charge in [-0.25, -0.2) is 0 Å². The SMILES string of the molecule is CC(C)(C)C1(c2ccc(O)c(O)c2)Oc2cc(O)cc(O)c2CC1(OB(O)O)c1ccccc1. The summed E-state index contributed by atoms with van der Waals surface area (Å²) in [5, 5.41) is 61.5. The van der Waals surface area contributed by atoms with Gasteiger partial charge >= 0.3 is 7.32 Å². The zero-order valence-corrected chi connectivity index (χ0v) is 19.1. The molecular formula is C25H27BO8. The van der Waals surface area contributed by atoms with Crippen LogP contribution in [0.5, 0.6) is 28.7 Å². The number of phenols is 4. The Hall–Kier alpha value is -3.40. The van der Waals surface area contributed by atoms with Crippen molar-refractivity contribution in [1.82, 2.24) is 0 Å². The van der Waals surface area contributed by atoms with Crippen molar-refractivity contribution < 1.29 is 39.9 Å². The van der Waals surface area contributed by atoms with Crippen LogP contribution < -0.4 is 4.74 Å². The second-order valence-electron chi connectivity index (χ2n) is 9.49. The van der Waals surface area contributed by atoms with E-state index in [4.69, 9.17) is 9.39 Å². The Balaban J connectivity index is 2.18. The maximum Gasteiger partial charge on any atom is 0.634 e. The normalized spacial score (nSPS) is 22.0. The van der Waals surface area contributed by atoms with E-state index in [1.807, 2.05) is 20.8 Å².